The number of imidazole rings is 1. The van der Waals surface area contributed by atoms with Crippen LogP contribution in [-0.4, -0.2) is 27.0 Å². The molecule has 2 aromatic carbocycles. The van der Waals surface area contributed by atoms with Crippen molar-refractivity contribution in [1.29, 1.82) is 0 Å². The van der Waals surface area contributed by atoms with Crippen LogP contribution in [0, 0.1) is 0 Å². The molecule has 0 bridgehead atoms. The summed E-state index contributed by atoms with van der Waals surface area (Å²) in [4.78, 5) is 22.3. The van der Waals surface area contributed by atoms with Crippen LogP contribution in [-0.2, 0) is 11.8 Å². The number of hydrogen-bond acceptors (Lipinski definition) is 5. The van der Waals surface area contributed by atoms with Crippen LogP contribution in [0.15, 0.2) is 73.1 Å². The van der Waals surface area contributed by atoms with Gasteiger partial charge in [0.1, 0.15) is 5.75 Å². The molecule has 4 aromatic rings. The van der Waals surface area contributed by atoms with Gasteiger partial charge in [0.15, 0.2) is 17.6 Å². The molecule has 28 heavy (non-hydrogen) atoms. The zero-order valence-corrected chi connectivity index (χ0v) is 16.0. The topological polar surface area (TPSA) is 69.0 Å². The number of para-hydroxylation sites is 1. The molecular formula is C21H18N4O2S. The zero-order chi connectivity index (χ0) is 19.3. The molecule has 0 spiro atoms. The fourth-order valence-corrected chi connectivity index (χ4v) is 3.77. The molecule has 140 valence electrons. The molecule has 0 unspecified atom stereocenters. The smallest absolute Gasteiger partial charge is 0.264 e. The van der Waals surface area contributed by atoms with Gasteiger partial charge in [-0.1, -0.05) is 59.9 Å². The van der Waals surface area contributed by atoms with Crippen LogP contribution in [0.5, 0.6) is 5.75 Å². The number of hydrogen-bond donors (Lipinski definition) is 1. The minimum Gasteiger partial charge on any atom is -0.484 e. The van der Waals surface area contributed by atoms with Gasteiger partial charge in [-0.05, 0) is 12.1 Å². The summed E-state index contributed by atoms with van der Waals surface area (Å²) < 4.78 is 7.44. The second-order valence-corrected chi connectivity index (χ2v) is 7.07. The van der Waals surface area contributed by atoms with Gasteiger partial charge in [-0.25, -0.2) is 9.97 Å². The molecule has 7 heteroatoms. The number of aryl methyl sites for hydroxylation is 1. The van der Waals surface area contributed by atoms with E-state index in [4.69, 9.17) is 4.74 Å². The molecule has 0 atom stereocenters. The standard InChI is InChI=1S/C21H18N4O2S/c1-25-13-12-22-20(25)19-18(15-8-4-2-5-9-15)24-21(28-19)23-17(26)14-27-16-10-6-3-7-11-16/h2-13H,14H2,1H3,(H,23,24,26). The van der Waals surface area contributed by atoms with Crippen molar-refractivity contribution in [2.45, 2.75) is 0 Å². The van der Waals surface area contributed by atoms with Crippen LogP contribution in [0.4, 0.5) is 5.13 Å². The Balaban J connectivity index is 1.57. The van der Waals surface area contributed by atoms with Crippen molar-refractivity contribution in [3.8, 4) is 27.7 Å². The van der Waals surface area contributed by atoms with Crippen LogP contribution >= 0.6 is 11.3 Å². The Morgan fingerprint density at radius 1 is 1.11 bits per heavy atom. The number of aromatic nitrogens is 3. The number of benzene rings is 2. The predicted molar refractivity (Wildman–Crippen MR) is 110 cm³/mol. The van der Waals surface area contributed by atoms with Crippen LogP contribution < -0.4 is 10.1 Å². The molecular weight excluding hydrogens is 372 g/mol. The monoisotopic (exact) mass is 390 g/mol. The number of amides is 1. The lowest BCUT2D eigenvalue weighted by Gasteiger charge is -2.05. The highest BCUT2D eigenvalue weighted by molar-refractivity contribution is 7.19. The van der Waals surface area contributed by atoms with E-state index in [-0.39, 0.29) is 12.5 Å². The highest BCUT2D eigenvalue weighted by Crippen LogP contribution is 2.38. The van der Waals surface area contributed by atoms with E-state index in [9.17, 15) is 4.79 Å². The van der Waals surface area contributed by atoms with Crippen molar-refractivity contribution in [1.82, 2.24) is 14.5 Å². The molecule has 1 N–H and O–H groups in total. The lowest BCUT2D eigenvalue weighted by atomic mass is 10.1. The van der Waals surface area contributed by atoms with Crippen molar-refractivity contribution in [3.63, 3.8) is 0 Å². The zero-order valence-electron chi connectivity index (χ0n) is 15.2. The Morgan fingerprint density at radius 3 is 2.50 bits per heavy atom. The van der Waals surface area contributed by atoms with Crippen LogP contribution in [0.2, 0.25) is 0 Å². The number of rotatable bonds is 6. The van der Waals surface area contributed by atoms with Crippen LogP contribution in [0.1, 0.15) is 0 Å². The highest BCUT2D eigenvalue weighted by atomic mass is 32.1. The molecule has 0 aliphatic heterocycles. The summed E-state index contributed by atoms with van der Waals surface area (Å²) in [7, 11) is 1.93. The van der Waals surface area contributed by atoms with Gasteiger partial charge >= 0.3 is 0 Å². The molecule has 0 radical (unpaired) electrons. The maximum Gasteiger partial charge on any atom is 0.264 e. The average Bonchev–Trinajstić information content (AvgIpc) is 3.33. The Morgan fingerprint density at radius 2 is 1.82 bits per heavy atom. The number of carbonyl (C=O) groups is 1. The third kappa shape index (κ3) is 3.94. The maximum atomic E-state index is 12.3. The van der Waals surface area contributed by atoms with E-state index in [0.29, 0.717) is 10.9 Å². The molecule has 4 rings (SSSR count). The van der Waals surface area contributed by atoms with E-state index in [0.717, 1.165) is 22.0 Å². The van der Waals surface area contributed by atoms with Crippen LogP contribution in [0.3, 0.4) is 0 Å². The summed E-state index contributed by atoms with van der Waals surface area (Å²) in [5.74, 6) is 1.19. The van der Waals surface area contributed by atoms with Gasteiger partial charge in [0.05, 0.1) is 10.6 Å². The number of anilines is 1. The summed E-state index contributed by atoms with van der Waals surface area (Å²) in [6.07, 6.45) is 3.63. The van der Waals surface area contributed by atoms with E-state index >= 15 is 0 Å². The SMILES string of the molecule is Cn1ccnc1-c1sc(NC(=O)COc2ccccc2)nc1-c1ccccc1. The molecule has 0 fully saturated rings. The minimum atomic E-state index is -0.261. The Kier molecular flexibility index (Phi) is 5.16. The molecule has 2 heterocycles. The van der Waals surface area contributed by atoms with Crippen molar-refractivity contribution in [3.05, 3.63) is 73.1 Å². The van der Waals surface area contributed by atoms with Gasteiger partial charge in [0, 0.05) is 25.0 Å². The number of ether oxygens (including phenoxy) is 1. The van der Waals surface area contributed by atoms with Gasteiger partial charge in [-0.3, -0.25) is 10.1 Å². The van der Waals surface area contributed by atoms with Crippen LogP contribution in [0.25, 0.3) is 22.0 Å². The molecule has 6 nitrogen and oxygen atoms in total. The quantitative estimate of drug-likeness (QED) is 0.535. The summed E-state index contributed by atoms with van der Waals surface area (Å²) >= 11 is 1.39. The van der Waals surface area contributed by atoms with E-state index in [1.807, 2.05) is 78.5 Å². The second-order valence-electron chi connectivity index (χ2n) is 6.07. The summed E-state index contributed by atoms with van der Waals surface area (Å²) in [6, 6.07) is 19.1. The molecule has 0 aliphatic rings. The van der Waals surface area contributed by atoms with E-state index in [1.165, 1.54) is 11.3 Å². The fraction of sp³-hybridized carbons (Fsp3) is 0.0952. The number of carbonyl (C=O) groups excluding carboxylic acids is 1. The lowest BCUT2D eigenvalue weighted by molar-refractivity contribution is -0.118. The van der Waals surface area contributed by atoms with Gasteiger partial charge < -0.3 is 9.30 Å². The summed E-state index contributed by atoms with van der Waals surface area (Å²) in [5.41, 5.74) is 1.76. The molecule has 1 amide bonds. The minimum absolute atomic E-state index is 0.0813. The summed E-state index contributed by atoms with van der Waals surface area (Å²) in [6.45, 7) is -0.0813. The largest absolute Gasteiger partial charge is 0.484 e. The first-order chi connectivity index (χ1) is 13.7. The van der Waals surface area contributed by atoms with Crippen molar-refractivity contribution >= 4 is 22.4 Å². The molecule has 0 aliphatic carbocycles. The van der Waals surface area contributed by atoms with Crippen molar-refractivity contribution < 1.29 is 9.53 Å². The first kappa shape index (κ1) is 17.9. The molecule has 0 saturated heterocycles. The number of thiazole rings is 1. The third-order valence-corrected chi connectivity index (χ3v) is 5.02. The summed E-state index contributed by atoms with van der Waals surface area (Å²) in [5, 5.41) is 3.34. The van der Waals surface area contributed by atoms with Gasteiger partial charge in [-0.2, -0.15) is 0 Å². The van der Waals surface area contributed by atoms with E-state index in [2.05, 4.69) is 15.3 Å². The Labute approximate surface area is 166 Å². The number of nitrogens with zero attached hydrogens (tertiary/aromatic N) is 3. The first-order valence-electron chi connectivity index (χ1n) is 8.72. The third-order valence-electron chi connectivity index (χ3n) is 4.06. The second kappa shape index (κ2) is 8.06. The van der Waals surface area contributed by atoms with Crippen molar-refractivity contribution in [2.24, 2.45) is 7.05 Å². The predicted octanol–water partition coefficient (Wildman–Crippen LogP) is 4.23. The molecule has 0 saturated carbocycles. The highest BCUT2D eigenvalue weighted by Gasteiger charge is 2.19. The van der Waals surface area contributed by atoms with E-state index < -0.39 is 0 Å². The molecule has 2 aromatic heterocycles. The Hall–Kier alpha value is -3.45. The van der Waals surface area contributed by atoms with Gasteiger partial charge in [0.2, 0.25) is 0 Å². The van der Waals surface area contributed by atoms with E-state index in [1.54, 1.807) is 6.20 Å². The first-order valence-corrected chi connectivity index (χ1v) is 9.54. The van der Waals surface area contributed by atoms with Gasteiger partial charge in [-0.15, -0.1) is 0 Å². The van der Waals surface area contributed by atoms with Crippen molar-refractivity contribution in [2.75, 3.05) is 11.9 Å². The number of nitrogens with one attached hydrogen (secondary N) is 1. The maximum absolute atomic E-state index is 12.3. The normalized spacial score (nSPS) is 10.6. The van der Waals surface area contributed by atoms with Gasteiger partial charge in [0.25, 0.3) is 5.91 Å². The fourth-order valence-electron chi connectivity index (χ4n) is 2.72. The Bertz CT molecular complexity index is 1070. The lowest BCUT2D eigenvalue weighted by Crippen LogP contribution is -2.20. The average molecular weight is 390 g/mol.